The molecule has 5 nitrogen and oxygen atoms in total. The summed E-state index contributed by atoms with van der Waals surface area (Å²) in [5, 5.41) is 2.69. The van der Waals surface area contributed by atoms with Gasteiger partial charge in [0.25, 0.3) is 0 Å². The van der Waals surface area contributed by atoms with Gasteiger partial charge in [-0.3, -0.25) is 9.52 Å². The highest BCUT2D eigenvalue weighted by Crippen LogP contribution is 2.17. The Morgan fingerprint density at radius 1 is 1.35 bits per heavy atom. The van der Waals surface area contributed by atoms with E-state index < -0.39 is 15.3 Å². The normalized spacial score (nSPS) is 18.3. The third-order valence-electron chi connectivity index (χ3n) is 3.12. The molecule has 0 saturated carbocycles. The summed E-state index contributed by atoms with van der Waals surface area (Å²) in [5.74, 6) is 0.168. The molecule has 1 fully saturated rings. The van der Waals surface area contributed by atoms with E-state index in [0.29, 0.717) is 12.3 Å². The van der Waals surface area contributed by atoms with Gasteiger partial charge in [-0.15, -0.1) is 0 Å². The van der Waals surface area contributed by atoms with Gasteiger partial charge in [0.15, 0.2) is 0 Å². The molecule has 1 aliphatic heterocycles. The second kappa shape index (κ2) is 6.35. The average molecular weight is 262 g/mol. The predicted molar refractivity (Wildman–Crippen MR) is 67.0 cm³/mol. The maximum Gasteiger partial charge on any atom is 0.237 e. The monoisotopic (exact) mass is 262 g/mol. The minimum Gasteiger partial charge on any atom is -0.317 e. The molecule has 0 spiro atoms. The zero-order chi connectivity index (χ0) is 12.9. The van der Waals surface area contributed by atoms with E-state index in [2.05, 4.69) is 10.0 Å². The summed E-state index contributed by atoms with van der Waals surface area (Å²) in [6.07, 6.45) is 3.23. The van der Waals surface area contributed by atoms with Crippen molar-refractivity contribution in [3.05, 3.63) is 0 Å². The molecule has 1 aliphatic rings. The van der Waals surface area contributed by atoms with Crippen molar-refractivity contribution in [2.45, 2.75) is 44.8 Å². The van der Waals surface area contributed by atoms with E-state index >= 15 is 0 Å². The van der Waals surface area contributed by atoms with Gasteiger partial charge >= 0.3 is 0 Å². The number of carbonyl (C=O) groups is 1. The second-order valence-electron chi connectivity index (χ2n) is 4.85. The Balaban J connectivity index is 2.30. The molecule has 1 saturated heterocycles. The average Bonchev–Trinajstić information content (AvgIpc) is 2.27. The van der Waals surface area contributed by atoms with Crippen LogP contribution < -0.4 is 10.0 Å². The smallest absolute Gasteiger partial charge is 0.237 e. The Morgan fingerprint density at radius 3 is 2.47 bits per heavy atom. The Morgan fingerprint density at radius 2 is 1.94 bits per heavy atom. The molecule has 0 bridgehead atoms. The molecule has 1 heterocycles. The Bertz CT molecular complexity index is 346. The first-order valence-corrected chi connectivity index (χ1v) is 7.71. The molecule has 100 valence electrons. The van der Waals surface area contributed by atoms with Gasteiger partial charge in [0.2, 0.25) is 15.9 Å². The van der Waals surface area contributed by atoms with Crippen molar-refractivity contribution in [2.24, 2.45) is 5.92 Å². The van der Waals surface area contributed by atoms with Crippen molar-refractivity contribution in [3.63, 3.8) is 0 Å². The maximum absolute atomic E-state index is 11.5. The summed E-state index contributed by atoms with van der Waals surface area (Å²) in [5.41, 5.74) is 0. The topological polar surface area (TPSA) is 75.3 Å². The molecule has 0 aromatic heterocycles. The van der Waals surface area contributed by atoms with E-state index in [0.717, 1.165) is 32.4 Å². The van der Waals surface area contributed by atoms with Crippen molar-refractivity contribution in [1.29, 1.82) is 0 Å². The van der Waals surface area contributed by atoms with Crippen LogP contribution in [-0.2, 0) is 14.8 Å². The van der Waals surface area contributed by atoms with Crippen molar-refractivity contribution in [2.75, 3.05) is 13.1 Å². The first-order valence-electron chi connectivity index (χ1n) is 6.17. The third-order valence-corrected chi connectivity index (χ3v) is 4.87. The number of sulfonamides is 1. The van der Waals surface area contributed by atoms with Crippen LogP contribution in [0.5, 0.6) is 0 Å². The number of piperidine rings is 1. The number of hydrogen-bond donors (Lipinski definition) is 2. The highest BCUT2D eigenvalue weighted by Gasteiger charge is 2.20. The van der Waals surface area contributed by atoms with Crippen LogP contribution in [0.1, 0.15) is 39.5 Å². The molecule has 6 heteroatoms. The largest absolute Gasteiger partial charge is 0.317 e. The van der Waals surface area contributed by atoms with Gasteiger partial charge in [0, 0.05) is 6.42 Å². The van der Waals surface area contributed by atoms with Crippen LogP contribution in [0.4, 0.5) is 0 Å². The van der Waals surface area contributed by atoms with E-state index in [1.807, 2.05) is 0 Å². The number of amides is 1. The van der Waals surface area contributed by atoms with Crippen LogP contribution in [0.25, 0.3) is 0 Å². The minimum atomic E-state index is -3.46. The van der Waals surface area contributed by atoms with Crippen molar-refractivity contribution < 1.29 is 13.2 Å². The van der Waals surface area contributed by atoms with Gasteiger partial charge in [0.1, 0.15) is 0 Å². The zero-order valence-corrected chi connectivity index (χ0v) is 11.3. The molecule has 0 aromatic rings. The lowest BCUT2D eigenvalue weighted by atomic mass is 9.93. The maximum atomic E-state index is 11.5. The van der Waals surface area contributed by atoms with E-state index in [9.17, 15) is 13.2 Å². The van der Waals surface area contributed by atoms with E-state index in [-0.39, 0.29) is 5.91 Å². The molecule has 0 radical (unpaired) electrons. The van der Waals surface area contributed by atoms with Gasteiger partial charge in [-0.1, -0.05) is 0 Å². The zero-order valence-electron chi connectivity index (χ0n) is 10.5. The van der Waals surface area contributed by atoms with Crippen molar-refractivity contribution in [1.82, 2.24) is 10.0 Å². The molecule has 17 heavy (non-hydrogen) atoms. The van der Waals surface area contributed by atoms with E-state index in [1.165, 1.54) is 0 Å². The van der Waals surface area contributed by atoms with Crippen molar-refractivity contribution in [3.8, 4) is 0 Å². The number of nitrogens with one attached hydrogen (secondary N) is 2. The molecule has 0 unspecified atom stereocenters. The van der Waals surface area contributed by atoms with Crippen LogP contribution in [0.15, 0.2) is 0 Å². The Hall–Kier alpha value is -0.620. The summed E-state index contributed by atoms with van der Waals surface area (Å²) in [4.78, 5) is 11.5. The summed E-state index contributed by atoms with van der Waals surface area (Å²) >= 11 is 0. The molecule has 0 aliphatic carbocycles. The second-order valence-corrected chi connectivity index (χ2v) is 7.09. The standard InChI is InChI=1S/C11H22N2O3S/c1-9(2)17(15,16)13-11(14)4-3-10-5-7-12-8-6-10/h9-10,12H,3-8H2,1-2H3,(H,13,14). The third kappa shape index (κ3) is 5.04. The van der Waals surface area contributed by atoms with Crippen LogP contribution >= 0.6 is 0 Å². The predicted octanol–water partition coefficient (Wildman–Crippen LogP) is 0.621. The lowest BCUT2D eigenvalue weighted by Crippen LogP contribution is -2.36. The quantitative estimate of drug-likeness (QED) is 0.761. The van der Waals surface area contributed by atoms with E-state index in [1.54, 1.807) is 13.8 Å². The molecule has 0 aromatic carbocycles. The highest BCUT2D eigenvalue weighted by molar-refractivity contribution is 7.90. The SMILES string of the molecule is CC(C)S(=O)(=O)NC(=O)CCC1CCNCC1. The lowest BCUT2D eigenvalue weighted by molar-refractivity contribution is -0.119. The molecule has 1 amide bonds. The van der Waals surface area contributed by atoms with Crippen molar-refractivity contribution >= 4 is 15.9 Å². The first-order chi connectivity index (χ1) is 7.92. The Kier molecular flexibility index (Phi) is 5.39. The Labute approximate surface area is 103 Å². The molecule has 0 atom stereocenters. The summed E-state index contributed by atoms with van der Waals surface area (Å²) in [6, 6.07) is 0. The summed E-state index contributed by atoms with van der Waals surface area (Å²) < 4.78 is 25.0. The highest BCUT2D eigenvalue weighted by atomic mass is 32.2. The minimum absolute atomic E-state index is 0.302. The molecular weight excluding hydrogens is 240 g/mol. The fraction of sp³-hybridized carbons (Fsp3) is 0.909. The fourth-order valence-corrected chi connectivity index (χ4v) is 2.49. The van der Waals surface area contributed by atoms with Crippen LogP contribution in [0.3, 0.4) is 0 Å². The van der Waals surface area contributed by atoms with Crippen LogP contribution in [-0.4, -0.2) is 32.7 Å². The number of rotatable bonds is 5. The van der Waals surface area contributed by atoms with E-state index in [4.69, 9.17) is 0 Å². The molecule has 1 rings (SSSR count). The van der Waals surface area contributed by atoms with Gasteiger partial charge in [-0.05, 0) is 52.1 Å². The summed E-state index contributed by atoms with van der Waals surface area (Å²) in [6.45, 7) is 5.11. The van der Waals surface area contributed by atoms with Gasteiger partial charge in [-0.25, -0.2) is 8.42 Å². The number of carbonyl (C=O) groups excluding carboxylic acids is 1. The molecular formula is C11H22N2O3S. The fourth-order valence-electron chi connectivity index (χ4n) is 1.83. The van der Waals surface area contributed by atoms with Gasteiger partial charge < -0.3 is 5.32 Å². The van der Waals surface area contributed by atoms with Gasteiger partial charge in [0.05, 0.1) is 5.25 Å². The van der Waals surface area contributed by atoms with Crippen LogP contribution in [0.2, 0.25) is 0 Å². The number of hydrogen-bond acceptors (Lipinski definition) is 4. The molecule has 2 N–H and O–H groups in total. The van der Waals surface area contributed by atoms with Crippen LogP contribution in [0, 0.1) is 5.92 Å². The first kappa shape index (κ1) is 14.4. The van der Waals surface area contributed by atoms with Gasteiger partial charge in [-0.2, -0.15) is 0 Å². The summed E-state index contributed by atoms with van der Waals surface area (Å²) in [7, 11) is -3.46. The lowest BCUT2D eigenvalue weighted by Gasteiger charge is -2.22.